The van der Waals surface area contributed by atoms with E-state index < -0.39 is 0 Å². The van der Waals surface area contributed by atoms with Crippen LogP contribution in [0.5, 0.6) is 0 Å². The highest BCUT2D eigenvalue weighted by atomic mass is 32.2. The van der Waals surface area contributed by atoms with Gasteiger partial charge in [-0.25, -0.2) is 0 Å². The van der Waals surface area contributed by atoms with Crippen molar-refractivity contribution in [3.63, 3.8) is 0 Å². The molecule has 1 rings (SSSR count). The molecule has 0 N–H and O–H groups in total. The number of thioether (sulfide) groups is 1. The van der Waals surface area contributed by atoms with Gasteiger partial charge in [-0.05, 0) is 12.2 Å². The Balaban J connectivity index is 2.06. The molecule has 0 aromatic carbocycles. The lowest BCUT2D eigenvalue weighted by molar-refractivity contribution is 0.199. The topological polar surface area (TPSA) is 9.23 Å². The molecule has 8 heavy (non-hydrogen) atoms. The van der Waals surface area contributed by atoms with Crippen molar-refractivity contribution in [2.45, 2.75) is 18.6 Å². The van der Waals surface area contributed by atoms with Crippen LogP contribution < -0.4 is 0 Å². The summed E-state index contributed by atoms with van der Waals surface area (Å²) >= 11 is 2.01. The van der Waals surface area contributed by atoms with Crippen molar-refractivity contribution in [3.05, 3.63) is 0 Å². The van der Waals surface area contributed by atoms with Gasteiger partial charge < -0.3 is 4.74 Å². The Bertz CT molecular complexity index is 59.5. The fourth-order valence-electron chi connectivity index (χ4n) is 0.880. The highest BCUT2D eigenvalue weighted by Crippen LogP contribution is 2.19. The van der Waals surface area contributed by atoms with Crippen LogP contribution in [0.1, 0.15) is 13.3 Å². The summed E-state index contributed by atoms with van der Waals surface area (Å²) in [5, 5.41) is 0.806. The molecule has 1 fully saturated rings. The van der Waals surface area contributed by atoms with Gasteiger partial charge in [0.1, 0.15) is 0 Å². The van der Waals surface area contributed by atoms with Gasteiger partial charge >= 0.3 is 0 Å². The van der Waals surface area contributed by atoms with Crippen molar-refractivity contribution in [2.75, 3.05) is 19.0 Å². The molecular formula is C6H12OS. The lowest BCUT2D eigenvalue weighted by atomic mass is 10.4. The van der Waals surface area contributed by atoms with E-state index in [4.69, 9.17) is 4.74 Å². The average molecular weight is 132 g/mol. The lowest BCUT2D eigenvalue weighted by Crippen LogP contribution is -1.99. The zero-order valence-electron chi connectivity index (χ0n) is 5.22. The number of hydrogen-bond donors (Lipinski definition) is 0. The van der Waals surface area contributed by atoms with Crippen molar-refractivity contribution in [2.24, 2.45) is 0 Å². The molecule has 1 aliphatic rings. The van der Waals surface area contributed by atoms with Gasteiger partial charge in [0.2, 0.25) is 0 Å². The van der Waals surface area contributed by atoms with Crippen molar-refractivity contribution < 1.29 is 4.74 Å². The van der Waals surface area contributed by atoms with E-state index in [0.29, 0.717) is 0 Å². The van der Waals surface area contributed by atoms with Crippen molar-refractivity contribution >= 4 is 11.8 Å². The van der Waals surface area contributed by atoms with Gasteiger partial charge in [0.25, 0.3) is 0 Å². The summed E-state index contributed by atoms with van der Waals surface area (Å²) < 4.78 is 5.19. The summed E-state index contributed by atoms with van der Waals surface area (Å²) in [7, 11) is 0. The molecule has 1 saturated heterocycles. The number of hydrogen-bond acceptors (Lipinski definition) is 2. The Morgan fingerprint density at radius 1 is 1.75 bits per heavy atom. The van der Waals surface area contributed by atoms with Crippen LogP contribution in [0.4, 0.5) is 0 Å². The molecule has 0 aromatic rings. The van der Waals surface area contributed by atoms with Crippen LogP contribution in [0.3, 0.4) is 0 Å². The second-order valence-corrected chi connectivity index (χ2v) is 3.52. The molecule has 1 atom stereocenters. The van der Waals surface area contributed by atoms with Crippen LogP contribution >= 0.6 is 11.8 Å². The van der Waals surface area contributed by atoms with Gasteiger partial charge in [-0.15, -0.1) is 0 Å². The van der Waals surface area contributed by atoms with Gasteiger partial charge in [0.05, 0.1) is 6.61 Å². The first kappa shape index (κ1) is 6.43. The van der Waals surface area contributed by atoms with E-state index in [1.807, 2.05) is 11.8 Å². The van der Waals surface area contributed by atoms with E-state index in [2.05, 4.69) is 6.92 Å². The molecule has 0 spiro atoms. The summed E-state index contributed by atoms with van der Waals surface area (Å²) in [5.74, 6) is 1.23. The first-order chi connectivity index (χ1) is 3.93. The standard InChI is InChI=1S/C6H12OS/c1-2-8-6-3-4-7-5-6/h6H,2-5H2,1H3. The third kappa shape index (κ3) is 1.67. The van der Waals surface area contributed by atoms with Gasteiger partial charge in [0.15, 0.2) is 0 Å². The van der Waals surface area contributed by atoms with E-state index in [9.17, 15) is 0 Å². The highest BCUT2D eigenvalue weighted by Gasteiger charge is 2.13. The minimum atomic E-state index is 0.806. The van der Waals surface area contributed by atoms with Crippen molar-refractivity contribution in [3.8, 4) is 0 Å². The van der Waals surface area contributed by atoms with E-state index in [0.717, 1.165) is 18.5 Å². The molecule has 1 heterocycles. The average Bonchev–Trinajstić information content (AvgIpc) is 2.19. The van der Waals surface area contributed by atoms with Gasteiger partial charge in [-0.3, -0.25) is 0 Å². The monoisotopic (exact) mass is 132 g/mol. The summed E-state index contributed by atoms with van der Waals surface area (Å²) in [6.45, 7) is 4.17. The molecule has 1 unspecified atom stereocenters. The second kappa shape index (κ2) is 3.36. The van der Waals surface area contributed by atoms with Crippen LogP contribution in [-0.2, 0) is 4.74 Å². The molecule has 0 aliphatic carbocycles. The predicted molar refractivity (Wildman–Crippen MR) is 37.4 cm³/mol. The van der Waals surface area contributed by atoms with E-state index in [-0.39, 0.29) is 0 Å². The molecular weight excluding hydrogens is 120 g/mol. The first-order valence-corrected chi connectivity index (χ1v) is 4.17. The lowest BCUT2D eigenvalue weighted by Gasteiger charge is -2.01. The SMILES string of the molecule is CCSC1CCOC1. The fourth-order valence-corrected chi connectivity index (χ4v) is 1.81. The third-order valence-electron chi connectivity index (χ3n) is 1.29. The Morgan fingerprint density at radius 2 is 2.62 bits per heavy atom. The first-order valence-electron chi connectivity index (χ1n) is 3.13. The summed E-state index contributed by atoms with van der Waals surface area (Å²) in [4.78, 5) is 0. The van der Waals surface area contributed by atoms with Crippen LogP contribution in [0.25, 0.3) is 0 Å². The highest BCUT2D eigenvalue weighted by molar-refractivity contribution is 7.99. The zero-order chi connectivity index (χ0) is 5.82. The molecule has 0 aromatic heterocycles. The Morgan fingerprint density at radius 3 is 3.12 bits per heavy atom. The third-order valence-corrected chi connectivity index (χ3v) is 2.47. The molecule has 0 amide bonds. The molecule has 0 radical (unpaired) electrons. The number of rotatable bonds is 2. The fraction of sp³-hybridized carbons (Fsp3) is 1.00. The van der Waals surface area contributed by atoms with Crippen LogP contribution in [-0.4, -0.2) is 24.2 Å². The number of ether oxygens (including phenoxy) is 1. The van der Waals surface area contributed by atoms with Crippen LogP contribution in [0, 0.1) is 0 Å². The maximum Gasteiger partial charge on any atom is 0.0585 e. The van der Waals surface area contributed by atoms with Gasteiger partial charge in [-0.2, -0.15) is 11.8 Å². The quantitative estimate of drug-likeness (QED) is 0.563. The van der Waals surface area contributed by atoms with Crippen LogP contribution in [0.15, 0.2) is 0 Å². The van der Waals surface area contributed by atoms with E-state index in [1.54, 1.807) is 0 Å². The second-order valence-electron chi connectivity index (χ2n) is 1.94. The van der Waals surface area contributed by atoms with Gasteiger partial charge in [0, 0.05) is 11.9 Å². The minimum absolute atomic E-state index is 0.806. The minimum Gasteiger partial charge on any atom is -0.380 e. The summed E-state index contributed by atoms with van der Waals surface area (Å²) in [6.07, 6.45) is 1.26. The molecule has 0 bridgehead atoms. The Kier molecular flexibility index (Phi) is 2.70. The summed E-state index contributed by atoms with van der Waals surface area (Å²) in [5.41, 5.74) is 0. The molecule has 0 saturated carbocycles. The van der Waals surface area contributed by atoms with E-state index in [1.165, 1.54) is 12.2 Å². The van der Waals surface area contributed by atoms with Crippen LogP contribution in [0.2, 0.25) is 0 Å². The largest absolute Gasteiger partial charge is 0.380 e. The maximum atomic E-state index is 5.19. The van der Waals surface area contributed by atoms with E-state index >= 15 is 0 Å². The zero-order valence-corrected chi connectivity index (χ0v) is 6.04. The van der Waals surface area contributed by atoms with Crippen molar-refractivity contribution in [1.82, 2.24) is 0 Å². The Labute approximate surface area is 54.8 Å². The molecule has 1 aliphatic heterocycles. The summed E-state index contributed by atoms with van der Waals surface area (Å²) in [6, 6.07) is 0. The molecule has 48 valence electrons. The Hall–Kier alpha value is 0.310. The smallest absolute Gasteiger partial charge is 0.0585 e. The van der Waals surface area contributed by atoms with Gasteiger partial charge in [-0.1, -0.05) is 6.92 Å². The molecule has 2 heteroatoms. The normalized spacial score (nSPS) is 28.9. The van der Waals surface area contributed by atoms with Crippen molar-refractivity contribution in [1.29, 1.82) is 0 Å². The maximum absolute atomic E-state index is 5.19. The molecule has 1 nitrogen and oxygen atoms in total. The predicted octanol–water partition coefficient (Wildman–Crippen LogP) is 1.53.